The molecule has 0 aliphatic rings. The van der Waals surface area contributed by atoms with Crippen LogP contribution < -0.4 is 0 Å². The van der Waals surface area contributed by atoms with E-state index in [9.17, 15) is 19.7 Å². The third-order valence-electron chi connectivity index (χ3n) is 4.04. The average Bonchev–Trinajstić information content (AvgIpc) is 2.61. The zero-order valence-electron chi connectivity index (χ0n) is 15.2. The Balaban J connectivity index is 1.96. The number of esters is 1. The number of non-ortho nitro benzene ring substituents is 1. The number of likely N-dealkylation sites (N-methyl/N-ethyl adjacent to an activating group) is 1. The zero-order valence-corrected chi connectivity index (χ0v) is 15.9. The van der Waals surface area contributed by atoms with Crippen LogP contribution in [0.2, 0.25) is 5.02 Å². The van der Waals surface area contributed by atoms with Crippen LogP contribution in [0.4, 0.5) is 5.69 Å². The van der Waals surface area contributed by atoms with Crippen molar-refractivity contribution in [2.75, 3.05) is 13.7 Å². The lowest BCUT2D eigenvalue weighted by atomic mass is 10.1. The average molecular weight is 391 g/mol. The van der Waals surface area contributed by atoms with E-state index in [4.69, 9.17) is 16.3 Å². The Hall–Kier alpha value is -2.93. The number of carbonyl (C=O) groups excluding carboxylic acids is 2. The lowest BCUT2D eigenvalue weighted by Gasteiger charge is -2.18. The maximum absolute atomic E-state index is 12.2. The van der Waals surface area contributed by atoms with E-state index in [1.807, 2.05) is 32.0 Å². The van der Waals surface area contributed by atoms with Crippen LogP contribution >= 0.6 is 11.6 Å². The Morgan fingerprint density at radius 1 is 1.19 bits per heavy atom. The number of benzene rings is 2. The number of nitro groups is 1. The van der Waals surface area contributed by atoms with Crippen LogP contribution in [-0.4, -0.2) is 35.4 Å². The molecule has 2 aromatic carbocycles. The fraction of sp³-hybridized carbons (Fsp3) is 0.263. The van der Waals surface area contributed by atoms with Crippen LogP contribution in [0.3, 0.4) is 0 Å². The Bertz CT molecular complexity index is 898. The molecule has 0 fully saturated rings. The summed E-state index contributed by atoms with van der Waals surface area (Å²) in [7, 11) is 1.62. The third-order valence-corrected chi connectivity index (χ3v) is 4.35. The van der Waals surface area contributed by atoms with Gasteiger partial charge in [-0.15, -0.1) is 0 Å². The largest absolute Gasteiger partial charge is 0.452 e. The van der Waals surface area contributed by atoms with Gasteiger partial charge < -0.3 is 9.64 Å². The molecule has 0 radical (unpaired) electrons. The monoisotopic (exact) mass is 390 g/mol. The highest BCUT2D eigenvalue weighted by Gasteiger charge is 2.18. The van der Waals surface area contributed by atoms with Gasteiger partial charge in [-0.25, -0.2) is 4.79 Å². The second kappa shape index (κ2) is 8.64. The number of aryl methyl sites for hydroxylation is 2. The van der Waals surface area contributed by atoms with Gasteiger partial charge in [0.25, 0.3) is 11.6 Å². The molecular formula is C19H19ClN2O5. The zero-order chi connectivity index (χ0) is 20.1. The van der Waals surface area contributed by atoms with Crippen LogP contribution in [0.15, 0.2) is 36.4 Å². The van der Waals surface area contributed by atoms with Crippen LogP contribution in [0.1, 0.15) is 27.0 Å². The van der Waals surface area contributed by atoms with Gasteiger partial charge in [0.2, 0.25) is 0 Å². The highest BCUT2D eigenvalue weighted by atomic mass is 35.5. The quantitative estimate of drug-likeness (QED) is 0.426. The van der Waals surface area contributed by atoms with Crippen molar-refractivity contribution in [3.63, 3.8) is 0 Å². The van der Waals surface area contributed by atoms with Crippen LogP contribution in [0, 0.1) is 24.0 Å². The minimum Gasteiger partial charge on any atom is -0.452 e. The smallest absolute Gasteiger partial charge is 0.340 e. The highest BCUT2D eigenvalue weighted by Crippen LogP contribution is 2.23. The third kappa shape index (κ3) is 5.27. The summed E-state index contributed by atoms with van der Waals surface area (Å²) < 4.78 is 4.99. The number of nitrogens with zero attached hydrogens (tertiary/aromatic N) is 2. The fourth-order valence-electron chi connectivity index (χ4n) is 2.47. The number of halogens is 1. The molecule has 2 aromatic rings. The summed E-state index contributed by atoms with van der Waals surface area (Å²) >= 11 is 5.88. The highest BCUT2D eigenvalue weighted by molar-refractivity contribution is 6.33. The molecule has 1 amide bonds. The molecule has 0 saturated carbocycles. The molecule has 0 unspecified atom stereocenters. The first-order valence-corrected chi connectivity index (χ1v) is 8.48. The molecule has 8 heteroatoms. The van der Waals surface area contributed by atoms with Gasteiger partial charge in [-0.2, -0.15) is 0 Å². The molecule has 0 heterocycles. The standard InChI is InChI=1S/C19H19ClN2O5/c1-12-4-5-14(13(2)8-12)10-21(3)18(23)11-27-19(24)16-7-6-15(22(25)26)9-17(16)20/h4-9H,10-11H2,1-3H3. The van der Waals surface area contributed by atoms with Gasteiger partial charge in [0.15, 0.2) is 6.61 Å². The van der Waals surface area contributed by atoms with Crippen molar-refractivity contribution in [2.24, 2.45) is 0 Å². The first kappa shape index (κ1) is 20.4. The van der Waals surface area contributed by atoms with Crippen LogP contribution in [-0.2, 0) is 16.1 Å². The van der Waals surface area contributed by atoms with E-state index in [1.54, 1.807) is 7.05 Å². The first-order chi connectivity index (χ1) is 12.7. The van der Waals surface area contributed by atoms with Gasteiger partial charge >= 0.3 is 5.97 Å². The Labute approximate surface area is 161 Å². The van der Waals surface area contributed by atoms with Crippen molar-refractivity contribution in [1.29, 1.82) is 0 Å². The molecule has 0 spiro atoms. The van der Waals surface area contributed by atoms with Gasteiger partial charge in [-0.1, -0.05) is 35.4 Å². The number of rotatable bonds is 6. The lowest BCUT2D eigenvalue weighted by Crippen LogP contribution is -2.31. The molecule has 0 aromatic heterocycles. The molecule has 142 valence electrons. The molecule has 0 saturated heterocycles. The van der Waals surface area contributed by atoms with E-state index in [0.29, 0.717) is 6.54 Å². The number of nitro benzene ring substituents is 1. The van der Waals surface area contributed by atoms with E-state index >= 15 is 0 Å². The van der Waals surface area contributed by atoms with E-state index < -0.39 is 17.5 Å². The van der Waals surface area contributed by atoms with E-state index in [1.165, 1.54) is 11.0 Å². The number of carbonyl (C=O) groups is 2. The molecule has 0 N–H and O–H groups in total. The van der Waals surface area contributed by atoms with Gasteiger partial charge in [-0.05, 0) is 31.0 Å². The van der Waals surface area contributed by atoms with Crippen molar-refractivity contribution in [3.05, 3.63) is 73.8 Å². The van der Waals surface area contributed by atoms with Crippen LogP contribution in [0.5, 0.6) is 0 Å². The molecule has 7 nitrogen and oxygen atoms in total. The topological polar surface area (TPSA) is 89.8 Å². The molecule has 27 heavy (non-hydrogen) atoms. The summed E-state index contributed by atoms with van der Waals surface area (Å²) in [5, 5.41) is 10.6. The molecule has 0 aliphatic heterocycles. The molecule has 0 atom stereocenters. The second-order valence-electron chi connectivity index (χ2n) is 6.18. The van der Waals surface area contributed by atoms with Gasteiger partial charge in [0.1, 0.15) is 0 Å². The molecular weight excluding hydrogens is 372 g/mol. The Morgan fingerprint density at radius 3 is 2.48 bits per heavy atom. The summed E-state index contributed by atoms with van der Waals surface area (Å²) in [6.07, 6.45) is 0. The summed E-state index contributed by atoms with van der Waals surface area (Å²) in [6, 6.07) is 9.37. The summed E-state index contributed by atoms with van der Waals surface area (Å²) in [5.74, 6) is -1.19. The molecule has 0 bridgehead atoms. The van der Waals surface area contributed by atoms with Gasteiger partial charge in [0, 0.05) is 25.7 Å². The van der Waals surface area contributed by atoms with Crippen molar-refractivity contribution in [3.8, 4) is 0 Å². The second-order valence-corrected chi connectivity index (χ2v) is 6.58. The fourth-order valence-corrected chi connectivity index (χ4v) is 2.72. The van der Waals surface area contributed by atoms with E-state index in [0.717, 1.165) is 28.8 Å². The SMILES string of the molecule is Cc1ccc(CN(C)C(=O)COC(=O)c2ccc([N+](=O)[O-])cc2Cl)c(C)c1. The number of ether oxygens (including phenoxy) is 1. The summed E-state index contributed by atoms with van der Waals surface area (Å²) in [6.45, 7) is 3.90. The lowest BCUT2D eigenvalue weighted by molar-refractivity contribution is -0.384. The summed E-state index contributed by atoms with van der Waals surface area (Å²) in [5.41, 5.74) is 2.94. The van der Waals surface area contributed by atoms with Gasteiger partial charge in [-0.3, -0.25) is 14.9 Å². The number of amides is 1. The van der Waals surface area contributed by atoms with Crippen molar-refractivity contribution < 1.29 is 19.2 Å². The maximum Gasteiger partial charge on any atom is 0.340 e. The Morgan fingerprint density at radius 2 is 1.89 bits per heavy atom. The number of hydrogen-bond donors (Lipinski definition) is 0. The molecule has 0 aliphatic carbocycles. The van der Waals surface area contributed by atoms with Crippen molar-refractivity contribution in [1.82, 2.24) is 4.90 Å². The minimum absolute atomic E-state index is 0.0351. The summed E-state index contributed by atoms with van der Waals surface area (Å²) in [4.78, 5) is 35.8. The normalized spacial score (nSPS) is 10.4. The predicted molar refractivity (Wildman–Crippen MR) is 101 cm³/mol. The van der Waals surface area contributed by atoms with Crippen molar-refractivity contribution >= 4 is 29.2 Å². The van der Waals surface area contributed by atoms with Crippen molar-refractivity contribution in [2.45, 2.75) is 20.4 Å². The first-order valence-electron chi connectivity index (χ1n) is 8.10. The maximum atomic E-state index is 12.2. The van der Waals surface area contributed by atoms with E-state index in [2.05, 4.69) is 0 Å². The van der Waals surface area contributed by atoms with Gasteiger partial charge in [0.05, 0.1) is 15.5 Å². The van der Waals surface area contributed by atoms with E-state index in [-0.39, 0.29) is 22.2 Å². The molecule has 2 rings (SSSR count). The predicted octanol–water partition coefficient (Wildman–Crippen LogP) is 3.68. The van der Waals surface area contributed by atoms with Crippen LogP contribution in [0.25, 0.3) is 0 Å². The number of hydrogen-bond acceptors (Lipinski definition) is 5. The Kier molecular flexibility index (Phi) is 6.52. The minimum atomic E-state index is -0.817.